The van der Waals surface area contributed by atoms with E-state index in [9.17, 15) is 9.59 Å². The number of benzene rings is 3. The first-order valence-corrected chi connectivity index (χ1v) is 10.2. The summed E-state index contributed by atoms with van der Waals surface area (Å²) in [4.78, 5) is 24.6. The van der Waals surface area contributed by atoms with Crippen molar-refractivity contribution in [3.8, 4) is 0 Å². The number of carbonyl (C=O) groups is 2. The van der Waals surface area contributed by atoms with Gasteiger partial charge in [-0.1, -0.05) is 54.6 Å². The smallest absolute Gasteiger partial charge is 0.267 e. The van der Waals surface area contributed by atoms with Crippen LogP contribution in [-0.2, 0) is 19.7 Å². The highest BCUT2D eigenvalue weighted by Crippen LogP contribution is 2.37. The topological polar surface area (TPSA) is 87.7 Å². The predicted molar refractivity (Wildman–Crippen MR) is 120 cm³/mol. The Kier molecular flexibility index (Phi) is 6.11. The van der Waals surface area contributed by atoms with E-state index in [4.69, 9.17) is 9.94 Å². The highest BCUT2D eigenvalue weighted by Gasteiger charge is 2.41. The summed E-state index contributed by atoms with van der Waals surface area (Å²) in [6.07, 6.45) is 4.04. The Labute approximate surface area is 180 Å². The lowest BCUT2D eigenvalue weighted by Crippen LogP contribution is -2.44. The largest absolute Gasteiger partial charge is 0.381 e. The molecule has 0 saturated carbocycles. The minimum Gasteiger partial charge on any atom is -0.381 e. The highest BCUT2D eigenvalue weighted by atomic mass is 16.5. The normalized spacial score (nSPS) is 15.6. The third-order valence-corrected chi connectivity index (χ3v) is 5.79. The van der Waals surface area contributed by atoms with E-state index in [0.29, 0.717) is 31.7 Å². The maximum absolute atomic E-state index is 13.5. The van der Waals surface area contributed by atoms with Crippen LogP contribution in [0.4, 0.5) is 5.69 Å². The minimum atomic E-state index is -0.653. The van der Waals surface area contributed by atoms with Gasteiger partial charge in [0.05, 0.1) is 5.41 Å². The molecule has 158 valence electrons. The quantitative estimate of drug-likeness (QED) is 0.333. The van der Waals surface area contributed by atoms with E-state index in [-0.39, 0.29) is 5.91 Å². The molecule has 3 aromatic carbocycles. The minimum absolute atomic E-state index is 0.0472. The Balaban J connectivity index is 1.58. The third kappa shape index (κ3) is 4.50. The van der Waals surface area contributed by atoms with Gasteiger partial charge in [0.25, 0.3) is 5.91 Å². The predicted octanol–water partition coefficient (Wildman–Crippen LogP) is 4.05. The van der Waals surface area contributed by atoms with E-state index in [0.717, 1.165) is 21.9 Å². The number of nitrogens with one attached hydrogen (secondary N) is 2. The van der Waals surface area contributed by atoms with Crippen LogP contribution in [-0.4, -0.2) is 30.2 Å². The Morgan fingerprint density at radius 1 is 0.935 bits per heavy atom. The van der Waals surface area contributed by atoms with Gasteiger partial charge in [0.1, 0.15) is 0 Å². The molecule has 31 heavy (non-hydrogen) atoms. The van der Waals surface area contributed by atoms with E-state index in [1.807, 2.05) is 18.2 Å². The summed E-state index contributed by atoms with van der Waals surface area (Å²) >= 11 is 0. The molecule has 0 aliphatic carbocycles. The summed E-state index contributed by atoms with van der Waals surface area (Å²) in [5, 5.41) is 13.9. The van der Waals surface area contributed by atoms with E-state index in [1.165, 1.54) is 6.08 Å². The lowest BCUT2D eigenvalue weighted by molar-refractivity contribution is -0.125. The van der Waals surface area contributed by atoms with Crippen molar-refractivity contribution in [2.75, 3.05) is 18.5 Å². The van der Waals surface area contributed by atoms with Crippen LogP contribution in [0.3, 0.4) is 0 Å². The molecule has 0 bridgehead atoms. The number of hydrogen-bond acceptors (Lipinski definition) is 4. The van der Waals surface area contributed by atoms with Gasteiger partial charge >= 0.3 is 0 Å². The molecule has 0 unspecified atom stereocenters. The molecule has 1 saturated heterocycles. The number of fused-ring (bicyclic) bond motifs is 1. The maximum atomic E-state index is 13.5. The molecule has 6 heteroatoms. The molecule has 4 rings (SSSR count). The fraction of sp³-hybridized carbons (Fsp3) is 0.200. The Hall–Kier alpha value is -3.48. The van der Waals surface area contributed by atoms with Crippen molar-refractivity contribution in [3.05, 3.63) is 83.9 Å². The second-order valence-corrected chi connectivity index (χ2v) is 7.64. The molecule has 3 aromatic rings. The number of anilines is 1. The zero-order valence-electron chi connectivity index (χ0n) is 17.0. The zero-order valence-corrected chi connectivity index (χ0v) is 17.0. The van der Waals surface area contributed by atoms with Crippen molar-refractivity contribution in [2.45, 2.75) is 18.3 Å². The van der Waals surface area contributed by atoms with Crippen molar-refractivity contribution < 1.29 is 19.5 Å². The summed E-state index contributed by atoms with van der Waals surface area (Å²) in [6.45, 7) is 1.08. The van der Waals surface area contributed by atoms with Crippen LogP contribution >= 0.6 is 0 Å². The molecule has 1 aliphatic heterocycles. The van der Waals surface area contributed by atoms with E-state index in [1.54, 1.807) is 35.8 Å². The van der Waals surface area contributed by atoms with Crippen LogP contribution in [0.2, 0.25) is 0 Å². The molecule has 1 aliphatic rings. The molecule has 0 radical (unpaired) electrons. The van der Waals surface area contributed by atoms with Gasteiger partial charge in [-0.15, -0.1) is 0 Å². The molecule has 1 fully saturated rings. The molecule has 0 atom stereocenters. The summed E-state index contributed by atoms with van der Waals surface area (Å²) in [5.74, 6) is -0.650. The molecule has 2 amide bonds. The Bertz CT molecular complexity index is 1120. The fourth-order valence-electron chi connectivity index (χ4n) is 3.99. The summed E-state index contributed by atoms with van der Waals surface area (Å²) in [6, 6.07) is 21.5. The number of rotatable bonds is 5. The van der Waals surface area contributed by atoms with Crippen molar-refractivity contribution in [1.82, 2.24) is 5.48 Å². The second-order valence-electron chi connectivity index (χ2n) is 7.64. The van der Waals surface area contributed by atoms with Crippen molar-refractivity contribution in [3.63, 3.8) is 0 Å². The van der Waals surface area contributed by atoms with E-state index >= 15 is 0 Å². The second kappa shape index (κ2) is 9.12. The number of ether oxygens (including phenoxy) is 1. The standard InChI is InChI=1S/C25H24N2O4/c28-23(27-30)12-7-18-5-10-22(11-6-18)26-24(29)25(13-15-31-16-14-25)21-9-8-19-3-1-2-4-20(19)17-21/h1-12,17,30H,13-16H2,(H,26,29)(H,27,28). The Morgan fingerprint density at radius 3 is 2.35 bits per heavy atom. The average molecular weight is 416 g/mol. The first-order valence-electron chi connectivity index (χ1n) is 10.2. The van der Waals surface area contributed by atoms with Gasteiger partial charge in [0.2, 0.25) is 5.91 Å². The lowest BCUT2D eigenvalue weighted by atomic mass is 9.73. The SMILES string of the molecule is O=C(C=Cc1ccc(NC(=O)C2(c3ccc4ccccc4c3)CCOCC2)cc1)NO. The number of carbonyl (C=O) groups excluding carboxylic acids is 2. The van der Waals surface area contributed by atoms with Crippen molar-refractivity contribution in [1.29, 1.82) is 0 Å². The monoisotopic (exact) mass is 416 g/mol. The molecular weight excluding hydrogens is 392 g/mol. The van der Waals surface area contributed by atoms with Gasteiger partial charge in [-0.25, -0.2) is 5.48 Å². The van der Waals surface area contributed by atoms with Gasteiger partial charge < -0.3 is 10.1 Å². The van der Waals surface area contributed by atoms with Gasteiger partial charge in [-0.05, 0) is 52.9 Å². The first-order chi connectivity index (χ1) is 15.1. The summed E-state index contributed by atoms with van der Waals surface area (Å²) in [7, 11) is 0. The van der Waals surface area contributed by atoms with E-state index < -0.39 is 11.3 Å². The molecule has 0 aromatic heterocycles. The number of amides is 2. The van der Waals surface area contributed by atoms with E-state index in [2.05, 4.69) is 29.6 Å². The third-order valence-electron chi connectivity index (χ3n) is 5.79. The lowest BCUT2D eigenvalue weighted by Gasteiger charge is -2.36. The Morgan fingerprint density at radius 2 is 1.65 bits per heavy atom. The molecule has 3 N–H and O–H groups in total. The fourth-order valence-corrected chi connectivity index (χ4v) is 3.99. The average Bonchev–Trinajstić information content (AvgIpc) is 2.83. The van der Waals surface area contributed by atoms with Gasteiger partial charge in [-0.3, -0.25) is 14.8 Å². The van der Waals surface area contributed by atoms with Gasteiger partial charge in [0.15, 0.2) is 0 Å². The first kappa shape index (κ1) is 20.8. The van der Waals surface area contributed by atoms with Gasteiger partial charge in [0, 0.05) is 25.0 Å². The molecule has 1 heterocycles. The van der Waals surface area contributed by atoms with Crippen LogP contribution < -0.4 is 10.8 Å². The maximum Gasteiger partial charge on any atom is 0.267 e. The van der Waals surface area contributed by atoms with Crippen molar-refractivity contribution >= 4 is 34.4 Å². The molecule has 6 nitrogen and oxygen atoms in total. The van der Waals surface area contributed by atoms with Crippen LogP contribution in [0, 0.1) is 0 Å². The summed E-state index contributed by atoms with van der Waals surface area (Å²) in [5.41, 5.74) is 3.35. The summed E-state index contributed by atoms with van der Waals surface area (Å²) < 4.78 is 5.57. The molecular formula is C25H24N2O4. The molecule has 0 spiro atoms. The number of hydroxylamine groups is 1. The van der Waals surface area contributed by atoms with Crippen LogP contribution in [0.5, 0.6) is 0 Å². The van der Waals surface area contributed by atoms with Crippen LogP contribution in [0.1, 0.15) is 24.0 Å². The van der Waals surface area contributed by atoms with Gasteiger partial charge in [-0.2, -0.15) is 0 Å². The highest BCUT2D eigenvalue weighted by molar-refractivity contribution is 6.00. The van der Waals surface area contributed by atoms with Crippen LogP contribution in [0.15, 0.2) is 72.8 Å². The zero-order chi connectivity index (χ0) is 21.7. The number of hydrogen-bond donors (Lipinski definition) is 3. The van der Waals surface area contributed by atoms with Crippen molar-refractivity contribution in [2.24, 2.45) is 0 Å². The van der Waals surface area contributed by atoms with Crippen LogP contribution in [0.25, 0.3) is 16.8 Å².